The van der Waals surface area contributed by atoms with E-state index in [-0.39, 0.29) is 0 Å². The van der Waals surface area contributed by atoms with Crippen LogP contribution in [0.2, 0.25) is 0 Å². The molecule has 0 saturated carbocycles. The van der Waals surface area contributed by atoms with Gasteiger partial charge < -0.3 is 5.41 Å². The molecule has 0 heterocycles. The predicted molar refractivity (Wildman–Crippen MR) is 64.0 cm³/mol. The van der Waals surface area contributed by atoms with Crippen LogP contribution in [0.5, 0.6) is 0 Å². The highest BCUT2D eigenvalue weighted by molar-refractivity contribution is 6.15. The fraction of sp³-hybridized carbons (Fsp3) is 0. The monoisotopic (exact) mass is 191 g/mol. The summed E-state index contributed by atoms with van der Waals surface area (Å²) in [6.07, 6.45) is 5.60. The van der Waals surface area contributed by atoms with Crippen molar-refractivity contribution in [1.29, 1.82) is 0 Å². The topological polar surface area (TPSA) is 22.3 Å². The second-order valence-corrected chi connectivity index (χ2v) is 3.70. The van der Waals surface area contributed by atoms with E-state index >= 15 is 0 Å². The average Bonchev–Trinajstić information content (AvgIpc) is 2.27. The molecular weight excluding hydrogens is 182 g/mol. The van der Waals surface area contributed by atoms with Crippen LogP contribution in [0.1, 0.15) is 11.1 Å². The van der Waals surface area contributed by atoms with Crippen molar-refractivity contribution < 1.29 is 0 Å². The van der Waals surface area contributed by atoms with Gasteiger partial charge in [0.15, 0.2) is 0 Å². The minimum atomic E-state index is 0.346. The van der Waals surface area contributed by atoms with Gasteiger partial charge in [-0.25, -0.2) is 0 Å². The molecule has 0 fully saturated rings. The van der Waals surface area contributed by atoms with E-state index in [1.807, 2.05) is 30.7 Å². The average molecular weight is 191 g/mol. The molecule has 1 nitrogen and oxygen atoms in total. The Morgan fingerprint density at radius 1 is 1.00 bits per heavy atom. The first-order valence-electron chi connectivity index (χ1n) is 4.95. The SMILES string of the molecule is [N-]=C1C=C[CH+]c2cc3ccccc3cc21. The normalized spacial score (nSPS) is 13.7. The molecule has 0 unspecified atom stereocenters. The van der Waals surface area contributed by atoms with Crippen molar-refractivity contribution in [1.82, 2.24) is 0 Å². The van der Waals surface area contributed by atoms with E-state index < -0.39 is 0 Å². The molecule has 0 atom stereocenters. The molecule has 0 saturated heterocycles. The number of allylic oxidation sites excluding steroid dienone is 2. The first kappa shape index (κ1) is 8.30. The Kier molecular flexibility index (Phi) is 1.65. The highest BCUT2D eigenvalue weighted by atomic mass is 14.4. The van der Waals surface area contributed by atoms with Gasteiger partial charge in [-0.1, -0.05) is 23.9 Å². The van der Waals surface area contributed by atoms with Gasteiger partial charge >= 0.3 is 0 Å². The van der Waals surface area contributed by atoms with E-state index in [4.69, 9.17) is 0 Å². The van der Waals surface area contributed by atoms with E-state index in [1.54, 1.807) is 6.08 Å². The molecule has 15 heavy (non-hydrogen) atoms. The van der Waals surface area contributed by atoms with E-state index in [9.17, 15) is 5.41 Å². The summed E-state index contributed by atoms with van der Waals surface area (Å²) in [4.78, 5) is 0. The molecule has 70 valence electrons. The van der Waals surface area contributed by atoms with Crippen molar-refractivity contribution >= 4 is 16.5 Å². The molecule has 0 aromatic heterocycles. The third-order valence-electron chi connectivity index (χ3n) is 2.72. The molecular formula is C14H9N. The molecule has 1 aliphatic carbocycles. The van der Waals surface area contributed by atoms with Gasteiger partial charge in [0, 0.05) is 29.3 Å². The minimum absolute atomic E-state index is 0.346. The highest BCUT2D eigenvalue weighted by Crippen LogP contribution is 2.24. The van der Waals surface area contributed by atoms with Crippen molar-refractivity contribution in [3.05, 3.63) is 71.5 Å². The number of nitrogens with zero attached hydrogens (tertiary/aromatic N) is 1. The zero-order chi connectivity index (χ0) is 10.3. The van der Waals surface area contributed by atoms with Gasteiger partial charge in [0.25, 0.3) is 0 Å². The summed E-state index contributed by atoms with van der Waals surface area (Å²) in [7, 11) is 0. The number of fused-ring (bicyclic) bond motifs is 2. The van der Waals surface area contributed by atoms with E-state index in [0.29, 0.717) is 5.71 Å². The molecule has 0 amide bonds. The van der Waals surface area contributed by atoms with Gasteiger partial charge in [0.05, 0.1) is 5.56 Å². The highest BCUT2D eigenvalue weighted by Gasteiger charge is 2.13. The third kappa shape index (κ3) is 1.24. The lowest BCUT2D eigenvalue weighted by Crippen LogP contribution is -2.03. The fourth-order valence-corrected chi connectivity index (χ4v) is 1.95. The summed E-state index contributed by atoms with van der Waals surface area (Å²) in [5.41, 5.74) is 2.34. The lowest BCUT2D eigenvalue weighted by Gasteiger charge is -2.11. The smallest absolute Gasteiger partial charge is 0.103 e. The van der Waals surface area contributed by atoms with Crippen molar-refractivity contribution in [3.8, 4) is 0 Å². The predicted octanol–water partition coefficient (Wildman–Crippen LogP) is 3.32. The summed E-state index contributed by atoms with van der Waals surface area (Å²) in [6, 6.07) is 12.3. The van der Waals surface area contributed by atoms with Crippen LogP contribution < -0.4 is 0 Å². The second-order valence-electron chi connectivity index (χ2n) is 3.70. The van der Waals surface area contributed by atoms with E-state index in [2.05, 4.69) is 18.2 Å². The Balaban J connectivity index is 2.35. The number of hydrogen-bond donors (Lipinski definition) is 0. The van der Waals surface area contributed by atoms with Crippen LogP contribution >= 0.6 is 0 Å². The van der Waals surface area contributed by atoms with E-state index in [1.165, 1.54) is 5.39 Å². The molecule has 0 N–H and O–H groups in total. The van der Waals surface area contributed by atoms with Crippen LogP contribution in [0.4, 0.5) is 0 Å². The Hall–Kier alpha value is -2.02. The Bertz CT molecular complexity index is 579. The van der Waals surface area contributed by atoms with Gasteiger partial charge in [0.2, 0.25) is 0 Å². The second kappa shape index (κ2) is 2.99. The molecule has 3 rings (SSSR count). The van der Waals surface area contributed by atoms with Crippen molar-refractivity contribution in [2.75, 3.05) is 0 Å². The first-order valence-corrected chi connectivity index (χ1v) is 4.95. The van der Waals surface area contributed by atoms with Gasteiger partial charge in [-0.2, -0.15) is 0 Å². The van der Waals surface area contributed by atoms with Gasteiger partial charge in [-0.15, -0.1) is 0 Å². The zero-order valence-electron chi connectivity index (χ0n) is 8.14. The maximum absolute atomic E-state index is 9.73. The number of rotatable bonds is 0. The lowest BCUT2D eigenvalue weighted by atomic mass is 9.92. The van der Waals surface area contributed by atoms with Crippen LogP contribution in [0.25, 0.3) is 16.2 Å². The van der Waals surface area contributed by atoms with Crippen molar-refractivity contribution in [3.63, 3.8) is 0 Å². The molecule has 2 aromatic rings. The summed E-state index contributed by atoms with van der Waals surface area (Å²) >= 11 is 0. The van der Waals surface area contributed by atoms with Gasteiger partial charge in [-0.05, 0) is 18.2 Å². The lowest BCUT2D eigenvalue weighted by molar-refractivity contribution is 1.50. The molecule has 0 spiro atoms. The molecule has 0 bridgehead atoms. The summed E-state index contributed by atoms with van der Waals surface area (Å²) < 4.78 is 0. The molecule has 0 aliphatic heterocycles. The Morgan fingerprint density at radius 3 is 2.53 bits per heavy atom. The fourth-order valence-electron chi connectivity index (χ4n) is 1.95. The molecule has 1 aliphatic rings. The quantitative estimate of drug-likeness (QED) is 0.570. The van der Waals surface area contributed by atoms with Gasteiger partial charge in [0.1, 0.15) is 5.56 Å². The maximum Gasteiger partial charge on any atom is 0.103 e. The van der Waals surface area contributed by atoms with Crippen molar-refractivity contribution in [2.24, 2.45) is 0 Å². The molecule has 1 heteroatoms. The van der Waals surface area contributed by atoms with Crippen LogP contribution in [0.15, 0.2) is 48.6 Å². The van der Waals surface area contributed by atoms with Crippen molar-refractivity contribution in [2.45, 2.75) is 0 Å². The third-order valence-corrected chi connectivity index (χ3v) is 2.72. The summed E-state index contributed by atoms with van der Waals surface area (Å²) in [5, 5.41) is 12.1. The maximum atomic E-state index is 9.73. The minimum Gasteiger partial charge on any atom is -0.785 e. The van der Waals surface area contributed by atoms with Crippen LogP contribution in [0.3, 0.4) is 0 Å². The molecule has 0 radical (unpaired) electrons. The number of hydrogen-bond acceptors (Lipinski definition) is 0. The van der Waals surface area contributed by atoms with Crippen LogP contribution in [-0.4, -0.2) is 5.71 Å². The van der Waals surface area contributed by atoms with Gasteiger partial charge in [-0.3, -0.25) is 0 Å². The Morgan fingerprint density at radius 2 is 1.73 bits per heavy atom. The van der Waals surface area contributed by atoms with Crippen LogP contribution in [-0.2, 0) is 0 Å². The number of benzene rings is 2. The zero-order valence-corrected chi connectivity index (χ0v) is 8.14. The first-order chi connectivity index (χ1) is 7.34. The van der Waals surface area contributed by atoms with E-state index in [0.717, 1.165) is 16.5 Å². The molecule has 2 aromatic carbocycles. The summed E-state index contributed by atoms with van der Waals surface area (Å²) in [6.45, 7) is 0. The summed E-state index contributed by atoms with van der Waals surface area (Å²) in [5.74, 6) is 0. The van der Waals surface area contributed by atoms with Crippen LogP contribution in [0, 0.1) is 6.42 Å². The largest absolute Gasteiger partial charge is 0.785 e. The Labute approximate surface area is 88.6 Å². The standard InChI is InChI=1S/C14H9N/c15-14-7-3-6-12-8-10-4-1-2-5-11(10)9-13(12)14/h1-9H.